The van der Waals surface area contributed by atoms with Crippen molar-refractivity contribution in [3.8, 4) is 6.07 Å². The van der Waals surface area contributed by atoms with Crippen LogP contribution in [0, 0.1) is 11.3 Å². The molecule has 0 amide bonds. The number of aliphatic hydroxyl groups is 3. The quantitative estimate of drug-likeness (QED) is 0.442. The number of aliphatic hydroxyl groups excluding tert-OH is 3. The zero-order valence-corrected chi connectivity index (χ0v) is 9.55. The summed E-state index contributed by atoms with van der Waals surface area (Å²) in [6, 6.07) is 2.56. The summed E-state index contributed by atoms with van der Waals surface area (Å²) in [7, 11) is 0. The standard InChI is InChI=1S/C10H11N3O6/c11-4-10(8(17)7(16)5(3-14)19-10)13-2-1-6(15)12-9(13)18/h1-2,5,7-8,14,16-17H,3H2,(H,12,15,18)/t5-,7-,8?,10-/m1/s1. The average molecular weight is 269 g/mol. The molecule has 4 N–H and O–H groups in total. The number of rotatable bonds is 2. The van der Waals surface area contributed by atoms with Gasteiger partial charge in [0.1, 0.15) is 24.4 Å². The van der Waals surface area contributed by atoms with Gasteiger partial charge in [0.15, 0.2) is 0 Å². The molecule has 2 rings (SSSR count). The normalized spacial score (nSPS) is 34.1. The van der Waals surface area contributed by atoms with Gasteiger partial charge in [-0.2, -0.15) is 5.26 Å². The lowest BCUT2D eigenvalue weighted by atomic mass is 10.0. The predicted octanol–water partition coefficient (Wildman–Crippen LogP) is -3.17. The molecule has 0 bridgehead atoms. The summed E-state index contributed by atoms with van der Waals surface area (Å²) in [6.45, 7) is -0.639. The Hall–Kier alpha value is -1.99. The van der Waals surface area contributed by atoms with Crippen molar-refractivity contribution in [1.82, 2.24) is 9.55 Å². The van der Waals surface area contributed by atoms with Gasteiger partial charge in [0.2, 0.25) is 0 Å². The maximum absolute atomic E-state index is 11.7. The predicted molar refractivity (Wildman–Crippen MR) is 58.9 cm³/mol. The van der Waals surface area contributed by atoms with Crippen LogP contribution in [-0.2, 0) is 10.5 Å². The van der Waals surface area contributed by atoms with E-state index in [0.29, 0.717) is 4.57 Å². The van der Waals surface area contributed by atoms with Crippen LogP contribution in [-0.4, -0.2) is 49.8 Å². The summed E-state index contributed by atoms with van der Waals surface area (Å²) in [5, 5.41) is 37.7. The number of hydrogen-bond donors (Lipinski definition) is 4. The van der Waals surface area contributed by atoms with Crippen molar-refractivity contribution in [2.24, 2.45) is 0 Å². The largest absolute Gasteiger partial charge is 0.394 e. The van der Waals surface area contributed by atoms with E-state index in [1.54, 1.807) is 6.07 Å². The molecule has 1 aromatic rings. The van der Waals surface area contributed by atoms with Crippen LogP contribution in [0.1, 0.15) is 0 Å². The van der Waals surface area contributed by atoms with Gasteiger partial charge in [0.25, 0.3) is 11.3 Å². The molecule has 0 saturated carbocycles. The van der Waals surface area contributed by atoms with Crippen LogP contribution in [0.4, 0.5) is 0 Å². The topological polar surface area (TPSA) is 149 Å². The van der Waals surface area contributed by atoms with Crippen LogP contribution in [0.25, 0.3) is 0 Å². The monoisotopic (exact) mass is 269 g/mol. The molecule has 0 aliphatic carbocycles. The molecular weight excluding hydrogens is 258 g/mol. The summed E-state index contributed by atoms with van der Waals surface area (Å²) < 4.78 is 5.77. The van der Waals surface area contributed by atoms with E-state index < -0.39 is 41.9 Å². The zero-order valence-electron chi connectivity index (χ0n) is 9.55. The first kappa shape index (κ1) is 13.4. The third-order valence-electron chi connectivity index (χ3n) is 2.96. The highest BCUT2D eigenvalue weighted by Crippen LogP contribution is 2.33. The van der Waals surface area contributed by atoms with Gasteiger partial charge in [0, 0.05) is 12.3 Å². The highest BCUT2D eigenvalue weighted by molar-refractivity contribution is 5.12. The summed E-state index contributed by atoms with van der Waals surface area (Å²) >= 11 is 0. The summed E-state index contributed by atoms with van der Waals surface area (Å²) in [5.74, 6) is 0. The Balaban J connectivity index is 2.59. The van der Waals surface area contributed by atoms with Gasteiger partial charge >= 0.3 is 5.69 Å². The average Bonchev–Trinajstić information content (AvgIpc) is 2.64. The van der Waals surface area contributed by atoms with Gasteiger partial charge < -0.3 is 20.1 Å². The molecule has 102 valence electrons. The maximum Gasteiger partial charge on any atom is 0.331 e. The van der Waals surface area contributed by atoms with Crippen LogP contribution < -0.4 is 11.2 Å². The fraction of sp³-hybridized carbons (Fsp3) is 0.500. The second-order valence-corrected chi connectivity index (χ2v) is 4.06. The van der Waals surface area contributed by atoms with Crippen molar-refractivity contribution in [1.29, 1.82) is 5.26 Å². The molecule has 19 heavy (non-hydrogen) atoms. The molecule has 1 saturated heterocycles. The summed E-state index contributed by atoms with van der Waals surface area (Å²) in [5.41, 5.74) is -3.85. The Labute approximate surface area is 105 Å². The van der Waals surface area contributed by atoms with Crippen molar-refractivity contribution in [2.75, 3.05) is 6.61 Å². The van der Waals surface area contributed by atoms with Gasteiger partial charge in [-0.15, -0.1) is 0 Å². The molecule has 1 aliphatic rings. The van der Waals surface area contributed by atoms with E-state index in [2.05, 4.69) is 0 Å². The Bertz CT molecular complexity index is 631. The van der Waals surface area contributed by atoms with Gasteiger partial charge in [-0.3, -0.25) is 14.3 Å². The van der Waals surface area contributed by atoms with Crippen LogP contribution >= 0.6 is 0 Å². The minimum absolute atomic E-state index is 0.639. The zero-order chi connectivity index (χ0) is 14.2. The Kier molecular flexibility index (Phi) is 3.25. The van der Waals surface area contributed by atoms with Gasteiger partial charge in [0.05, 0.1) is 6.61 Å². The first-order valence-corrected chi connectivity index (χ1v) is 5.35. The van der Waals surface area contributed by atoms with Crippen LogP contribution in [0.5, 0.6) is 0 Å². The van der Waals surface area contributed by atoms with Crippen molar-refractivity contribution in [3.63, 3.8) is 0 Å². The fourth-order valence-electron chi connectivity index (χ4n) is 1.97. The van der Waals surface area contributed by atoms with Crippen molar-refractivity contribution in [2.45, 2.75) is 24.0 Å². The third kappa shape index (κ3) is 1.87. The highest BCUT2D eigenvalue weighted by atomic mass is 16.6. The summed E-state index contributed by atoms with van der Waals surface area (Å²) in [4.78, 5) is 24.5. The third-order valence-corrected chi connectivity index (χ3v) is 2.96. The molecule has 1 aliphatic heterocycles. The second-order valence-electron chi connectivity index (χ2n) is 4.06. The smallest absolute Gasteiger partial charge is 0.331 e. The molecule has 9 heteroatoms. The van der Waals surface area contributed by atoms with E-state index in [-0.39, 0.29) is 0 Å². The first-order valence-electron chi connectivity index (χ1n) is 5.35. The van der Waals surface area contributed by atoms with Gasteiger partial charge in [-0.25, -0.2) is 4.79 Å². The molecule has 1 unspecified atom stereocenters. The highest BCUT2D eigenvalue weighted by Gasteiger charge is 2.56. The van der Waals surface area contributed by atoms with E-state index in [4.69, 9.17) is 9.84 Å². The molecule has 0 spiro atoms. The fourth-order valence-corrected chi connectivity index (χ4v) is 1.97. The molecule has 0 aromatic carbocycles. The van der Waals surface area contributed by atoms with E-state index in [1.165, 1.54) is 0 Å². The Morgan fingerprint density at radius 1 is 1.53 bits per heavy atom. The lowest BCUT2D eigenvalue weighted by molar-refractivity contribution is -0.109. The number of nitrogens with one attached hydrogen (secondary N) is 1. The number of nitrogens with zero attached hydrogens (tertiary/aromatic N) is 2. The van der Waals surface area contributed by atoms with E-state index in [1.807, 2.05) is 4.98 Å². The number of hydrogen-bond acceptors (Lipinski definition) is 7. The number of nitriles is 1. The van der Waals surface area contributed by atoms with Crippen molar-refractivity contribution in [3.05, 3.63) is 33.1 Å². The van der Waals surface area contributed by atoms with Gasteiger partial charge in [-0.1, -0.05) is 0 Å². The number of ether oxygens (including phenoxy) is 1. The molecule has 1 aromatic heterocycles. The lowest BCUT2D eigenvalue weighted by Gasteiger charge is -2.26. The molecular formula is C10H11N3O6. The van der Waals surface area contributed by atoms with E-state index in [0.717, 1.165) is 12.3 Å². The van der Waals surface area contributed by atoms with Crippen molar-refractivity contribution < 1.29 is 20.1 Å². The minimum atomic E-state index is -2.20. The Morgan fingerprint density at radius 2 is 2.21 bits per heavy atom. The van der Waals surface area contributed by atoms with Crippen molar-refractivity contribution >= 4 is 0 Å². The molecule has 9 nitrogen and oxygen atoms in total. The molecule has 2 heterocycles. The molecule has 4 atom stereocenters. The second kappa shape index (κ2) is 4.60. The van der Waals surface area contributed by atoms with E-state index in [9.17, 15) is 25.1 Å². The molecule has 1 fully saturated rings. The number of aromatic nitrogens is 2. The van der Waals surface area contributed by atoms with Crippen LogP contribution in [0.2, 0.25) is 0 Å². The van der Waals surface area contributed by atoms with Crippen LogP contribution in [0.15, 0.2) is 21.9 Å². The summed E-state index contributed by atoms with van der Waals surface area (Å²) in [6.07, 6.45) is -3.53. The minimum Gasteiger partial charge on any atom is -0.394 e. The lowest BCUT2D eigenvalue weighted by Crippen LogP contribution is -2.50. The SMILES string of the molecule is N#C[C@@]1(n2ccc(=O)[nH]c2=O)O[C@H](CO)[C@@H](O)C1O. The molecule has 0 radical (unpaired) electrons. The number of aromatic amines is 1. The maximum atomic E-state index is 11.7. The van der Waals surface area contributed by atoms with E-state index >= 15 is 0 Å². The first-order chi connectivity index (χ1) is 8.96. The van der Waals surface area contributed by atoms with Crippen LogP contribution in [0.3, 0.4) is 0 Å². The number of H-pyrrole nitrogens is 1. The Morgan fingerprint density at radius 3 is 2.68 bits per heavy atom. The van der Waals surface area contributed by atoms with Gasteiger partial charge in [-0.05, 0) is 0 Å².